The molecule has 1 aliphatic heterocycles. The molecule has 1 N–H and O–H groups in total. The van der Waals surface area contributed by atoms with Gasteiger partial charge in [0.15, 0.2) is 0 Å². The van der Waals surface area contributed by atoms with E-state index in [1.807, 2.05) is 0 Å². The van der Waals surface area contributed by atoms with Gasteiger partial charge in [0.05, 0.1) is 17.2 Å². The van der Waals surface area contributed by atoms with Crippen molar-refractivity contribution in [1.29, 1.82) is 0 Å². The van der Waals surface area contributed by atoms with E-state index < -0.39 is 5.91 Å². The summed E-state index contributed by atoms with van der Waals surface area (Å²) in [5, 5.41) is 2.81. The van der Waals surface area contributed by atoms with Crippen molar-refractivity contribution < 1.29 is 23.5 Å². The number of benzene rings is 2. The van der Waals surface area contributed by atoms with E-state index >= 15 is 0 Å². The van der Waals surface area contributed by atoms with E-state index in [4.69, 9.17) is 4.74 Å². The smallest absolute Gasteiger partial charge is 0.261 e. The largest absolute Gasteiger partial charge is 0.385 e. The highest BCUT2D eigenvalue weighted by Crippen LogP contribution is 2.24. The van der Waals surface area contributed by atoms with Gasteiger partial charge in [0.25, 0.3) is 17.7 Å². The fraction of sp³-hybridized carbons (Fsp3) is 0.286. The minimum absolute atomic E-state index is 0.226. The topological polar surface area (TPSA) is 75.7 Å². The lowest BCUT2D eigenvalue weighted by atomic mass is 10.0. The van der Waals surface area contributed by atoms with E-state index in [1.54, 1.807) is 26.2 Å². The third-order valence-electron chi connectivity index (χ3n) is 4.68. The average molecular weight is 384 g/mol. The summed E-state index contributed by atoms with van der Waals surface area (Å²) in [6, 6.07) is 9.99. The van der Waals surface area contributed by atoms with E-state index in [-0.39, 0.29) is 41.3 Å². The van der Waals surface area contributed by atoms with Gasteiger partial charge in [0.1, 0.15) is 5.82 Å². The summed E-state index contributed by atoms with van der Waals surface area (Å²) in [6.45, 7) is 2.50. The number of amides is 3. The van der Waals surface area contributed by atoms with Crippen LogP contribution in [0.15, 0.2) is 42.5 Å². The van der Waals surface area contributed by atoms with Crippen molar-refractivity contribution in [3.8, 4) is 0 Å². The second-order valence-corrected chi connectivity index (χ2v) is 6.62. The van der Waals surface area contributed by atoms with Crippen molar-refractivity contribution >= 4 is 17.7 Å². The first-order chi connectivity index (χ1) is 13.4. The Balaban J connectivity index is 1.73. The van der Waals surface area contributed by atoms with Gasteiger partial charge < -0.3 is 10.1 Å². The first kappa shape index (κ1) is 19.7. The molecule has 2 aromatic rings. The van der Waals surface area contributed by atoms with Crippen molar-refractivity contribution in [2.45, 2.75) is 19.4 Å². The molecule has 2 aromatic carbocycles. The number of rotatable bonds is 7. The molecule has 0 spiro atoms. The Morgan fingerprint density at radius 3 is 2.46 bits per heavy atom. The number of hydrogen-bond acceptors (Lipinski definition) is 4. The van der Waals surface area contributed by atoms with Crippen molar-refractivity contribution in [3.63, 3.8) is 0 Å². The number of methoxy groups -OCH3 is 1. The molecule has 1 aliphatic rings. The predicted molar refractivity (Wildman–Crippen MR) is 101 cm³/mol. The molecule has 3 rings (SSSR count). The fourth-order valence-corrected chi connectivity index (χ4v) is 3.12. The zero-order valence-electron chi connectivity index (χ0n) is 15.7. The van der Waals surface area contributed by atoms with Crippen LogP contribution in [0.3, 0.4) is 0 Å². The number of halogens is 1. The third-order valence-corrected chi connectivity index (χ3v) is 4.68. The molecule has 0 unspecified atom stereocenters. The van der Waals surface area contributed by atoms with E-state index in [9.17, 15) is 18.8 Å². The monoisotopic (exact) mass is 384 g/mol. The number of hydrogen-bond donors (Lipinski definition) is 1. The number of carbonyl (C=O) groups excluding carboxylic acids is 3. The molecule has 1 atom stereocenters. The Hall–Kier alpha value is -3.06. The second kappa shape index (κ2) is 8.31. The highest BCUT2D eigenvalue weighted by Gasteiger charge is 2.35. The third kappa shape index (κ3) is 3.94. The molecule has 0 fully saturated rings. The minimum atomic E-state index is -0.405. The molecule has 3 amide bonds. The maximum Gasteiger partial charge on any atom is 0.261 e. The zero-order chi connectivity index (χ0) is 20.3. The van der Waals surface area contributed by atoms with Gasteiger partial charge in [-0.15, -0.1) is 0 Å². The number of imide groups is 1. The Labute approximate surface area is 162 Å². The van der Waals surface area contributed by atoms with Crippen LogP contribution in [0.1, 0.15) is 56.0 Å². The highest BCUT2D eigenvalue weighted by atomic mass is 19.1. The standard InChI is InChI=1S/C21H21FN2O4/c1-13(14-4-7-16(22)8-5-14)23-19(25)15-6-9-17-18(12-15)21(27)24(20(17)26)10-3-11-28-2/h4-9,12-13H,3,10-11H2,1-2H3,(H,23,25)/t13-/m0/s1. The maximum absolute atomic E-state index is 13.0. The number of fused-ring (bicyclic) bond motifs is 1. The van der Waals surface area contributed by atoms with E-state index in [2.05, 4.69) is 5.32 Å². The number of carbonyl (C=O) groups is 3. The van der Waals surface area contributed by atoms with Crippen LogP contribution in [0.4, 0.5) is 4.39 Å². The summed E-state index contributed by atoms with van der Waals surface area (Å²) in [7, 11) is 1.56. The first-order valence-electron chi connectivity index (χ1n) is 8.98. The molecular weight excluding hydrogens is 363 g/mol. The van der Waals surface area contributed by atoms with Gasteiger partial charge >= 0.3 is 0 Å². The number of nitrogens with zero attached hydrogens (tertiary/aromatic N) is 1. The zero-order valence-corrected chi connectivity index (χ0v) is 15.7. The molecular formula is C21H21FN2O4. The SMILES string of the molecule is COCCCN1C(=O)c2ccc(C(=O)N[C@@H](C)c3ccc(F)cc3)cc2C1=O. The van der Waals surface area contributed by atoms with Crippen LogP contribution in [-0.4, -0.2) is 42.9 Å². The van der Waals surface area contributed by atoms with Crippen LogP contribution < -0.4 is 5.32 Å². The highest BCUT2D eigenvalue weighted by molar-refractivity contribution is 6.22. The summed E-state index contributed by atoms with van der Waals surface area (Å²) < 4.78 is 18.0. The van der Waals surface area contributed by atoms with Crippen molar-refractivity contribution in [2.75, 3.05) is 20.3 Å². The molecule has 28 heavy (non-hydrogen) atoms. The quantitative estimate of drug-likeness (QED) is 0.588. The van der Waals surface area contributed by atoms with Gasteiger partial charge in [-0.1, -0.05) is 12.1 Å². The number of nitrogens with one attached hydrogen (secondary N) is 1. The van der Waals surface area contributed by atoms with Crippen LogP contribution in [0.5, 0.6) is 0 Å². The maximum atomic E-state index is 13.0. The van der Waals surface area contributed by atoms with E-state index in [0.717, 1.165) is 5.56 Å². The molecule has 6 nitrogen and oxygen atoms in total. The Morgan fingerprint density at radius 1 is 1.11 bits per heavy atom. The Kier molecular flexibility index (Phi) is 5.84. The van der Waals surface area contributed by atoms with Gasteiger partial charge in [0.2, 0.25) is 0 Å². The molecule has 0 bridgehead atoms. The lowest BCUT2D eigenvalue weighted by Gasteiger charge is -2.14. The van der Waals surface area contributed by atoms with Crippen LogP contribution in [-0.2, 0) is 4.74 Å². The predicted octanol–water partition coefficient (Wildman–Crippen LogP) is 2.95. The lowest BCUT2D eigenvalue weighted by molar-refractivity contribution is 0.0638. The van der Waals surface area contributed by atoms with Crippen molar-refractivity contribution in [3.05, 3.63) is 70.5 Å². The fourth-order valence-electron chi connectivity index (χ4n) is 3.12. The van der Waals surface area contributed by atoms with Gasteiger partial charge in [-0.25, -0.2) is 4.39 Å². The molecule has 0 radical (unpaired) electrons. The average Bonchev–Trinajstić information content (AvgIpc) is 2.93. The molecule has 0 saturated heterocycles. The normalized spacial score (nSPS) is 14.2. The summed E-state index contributed by atoms with van der Waals surface area (Å²) in [5.74, 6) is -1.49. The summed E-state index contributed by atoms with van der Waals surface area (Å²) in [6.07, 6.45) is 0.546. The molecule has 7 heteroatoms. The van der Waals surface area contributed by atoms with Crippen LogP contribution in [0.2, 0.25) is 0 Å². The molecule has 0 aliphatic carbocycles. The molecule has 0 saturated carbocycles. The van der Waals surface area contributed by atoms with Gasteiger partial charge in [-0.05, 0) is 49.2 Å². The Bertz CT molecular complexity index is 911. The van der Waals surface area contributed by atoms with Gasteiger partial charge in [-0.3, -0.25) is 19.3 Å². The van der Waals surface area contributed by atoms with Crippen LogP contribution in [0.25, 0.3) is 0 Å². The van der Waals surface area contributed by atoms with Crippen molar-refractivity contribution in [2.24, 2.45) is 0 Å². The van der Waals surface area contributed by atoms with E-state index in [1.165, 1.54) is 35.2 Å². The molecule has 1 heterocycles. The minimum Gasteiger partial charge on any atom is -0.385 e. The second-order valence-electron chi connectivity index (χ2n) is 6.62. The lowest BCUT2D eigenvalue weighted by Crippen LogP contribution is -2.31. The summed E-state index contributed by atoms with van der Waals surface area (Å²) in [4.78, 5) is 38.7. The van der Waals surface area contributed by atoms with Gasteiger partial charge in [0, 0.05) is 25.8 Å². The molecule has 146 valence electrons. The Morgan fingerprint density at radius 2 is 1.79 bits per heavy atom. The van der Waals surface area contributed by atoms with Crippen LogP contribution in [0, 0.1) is 5.82 Å². The summed E-state index contributed by atoms with van der Waals surface area (Å²) in [5.41, 5.74) is 1.56. The van der Waals surface area contributed by atoms with Crippen molar-refractivity contribution in [1.82, 2.24) is 10.2 Å². The van der Waals surface area contributed by atoms with Gasteiger partial charge in [-0.2, -0.15) is 0 Å². The summed E-state index contributed by atoms with van der Waals surface area (Å²) >= 11 is 0. The van der Waals surface area contributed by atoms with E-state index in [0.29, 0.717) is 18.6 Å². The van der Waals surface area contributed by atoms with Crippen LogP contribution >= 0.6 is 0 Å². The molecule has 0 aromatic heterocycles. The number of ether oxygens (including phenoxy) is 1. The first-order valence-corrected chi connectivity index (χ1v) is 8.98.